The standard InChI is InChI=1S/C29H36N4O6/c1-6-39-28(35)24-22(18-32-15-16-33(19(2)17-32)27(34)20-11-8-7-9-12-20)31(3)29(36)30-25(24)21-13-10-14-23(37-4)26(21)38-5/h7-14,19,25H,6,15-18H2,1-5H3,(H,30,36). The molecule has 0 radical (unpaired) electrons. The molecule has 208 valence electrons. The van der Waals surface area contributed by atoms with Crippen molar-refractivity contribution in [2.45, 2.75) is 25.9 Å². The molecule has 2 unspecified atom stereocenters. The van der Waals surface area contributed by atoms with Crippen LogP contribution in [0, 0.1) is 0 Å². The number of carbonyl (C=O) groups is 3. The Kier molecular flexibility index (Phi) is 8.75. The van der Waals surface area contributed by atoms with Crippen molar-refractivity contribution in [1.29, 1.82) is 0 Å². The van der Waals surface area contributed by atoms with E-state index in [1.165, 1.54) is 19.1 Å². The lowest BCUT2D eigenvalue weighted by atomic mass is 9.93. The summed E-state index contributed by atoms with van der Waals surface area (Å²) < 4.78 is 16.6. The second kappa shape index (κ2) is 12.2. The summed E-state index contributed by atoms with van der Waals surface area (Å²) >= 11 is 0. The van der Waals surface area contributed by atoms with Gasteiger partial charge in [0.25, 0.3) is 5.91 Å². The number of ether oxygens (including phenoxy) is 3. The van der Waals surface area contributed by atoms with Gasteiger partial charge in [0.05, 0.1) is 32.4 Å². The second-order valence-corrected chi connectivity index (χ2v) is 9.55. The summed E-state index contributed by atoms with van der Waals surface area (Å²) in [5, 5.41) is 2.94. The van der Waals surface area contributed by atoms with E-state index in [0.717, 1.165) is 0 Å². The quantitative estimate of drug-likeness (QED) is 0.518. The highest BCUT2D eigenvalue weighted by Crippen LogP contribution is 2.40. The molecule has 3 amide bonds. The van der Waals surface area contributed by atoms with Crippen LogP contribution in [0.15, 0.2) is 59.8 Å². The fraction of sp³-hybridized carbons (Fsp3) is 0.414. The maximum Gasteiger partial charge on any atom is 0.338 e. The van der Waals surface area contributed by atoms with E-state index >= 15 is 0 Å². The van der Waals surface area contributed by atoms with Crippen molar-refractivity contribution < 1.29 is 28.6 Å². The van der Waals surface area contributed by atoms with Gasteiger partial charge >= 0.3 is 12.0 Å². The van der Waals surface area contributed by atoms with Crippen molar-refractivity contribution in [3.05, 3.63) is 70.9 Å². The molecule has 2 atom stereocenters. The molecule has 1 fully saturated rings. The first kappa shape index (κ1) is 28.0. The summed E-state index contributed by atoms with van der Waals surface area (Å²) in [6, 6.07) is 13.4. The molecule has 1 saturated heterocycles. The maximum atomic E-state index is 13.4. The molecule has 2 aliphatic rings. The average Bonchev–Trinajstić information content (AvgIpc) is 2.95. The molecule has 2 heterocycles. The molecule has 4 rings (SSSR count). The molecular formula is C29H36N4O6. The van der Waals surface area contributed by atoms with E-state index < -0.39 is 12.0 Å². The number of methoxy groups -OCH3 is 2. The van der Waals surface area contributed by atoms with Crippen LogP contribution >= 0.6 is 0 Å². The molecule has 2 aromatic carbocycles. The number of esters is 1. The van der Waals surface area contributed by atoms with Crippen LogP contribution in [-0.4, -0.2) is 92.7 Å². The third kappa shape index (κ3) is 5.70. The zero-order chi connectivity index (χ0) is 28.1. The number of likely N-dealkylation sites (N-methyl/N-ethyl adjacent to an activating group) is 1. The first-order valence-electron chi connectivity index (χ1n) is 13.0. The van der Waals surface area contributed by atoms with Crippen molar-refractivity contribution >= 4 is 17.9 Å². The van der Waals surface area contributed by atoms with Crippen molar-refractivity contribution in [1.82, 2.24) is 20.0 Å². The molecule has 10 nitrogen and oxygen atoms in total. The second-order valence-electron chi connectivity index (χ2n) is 9.55. The topological polar surface area (TPSA) is 101 Å². The monoisotopic (exact) mass is 536 g/mol. The van der Waals surface area contributed by atoms with E-state index in [-0.39, 0.29) is 24.6 Å². The highest BCUT2D eigenvalue weighted by atomic mass is 16.5. The summed E-state index contributed by atoms with van der Waals surface area (Å²) in [6.07, 6.45) is 0. The molecule has 1 N–H and O–H groups in total. The minimum absolute atomic E-state index is 0.00600. The highest BCUT2D eigenvalue weighted by molar-refractivity contribution is 5.96. The fourth-order valence-corrected chi connectivity index (χ4v) is 5.21. The minimum Gasteiger partial charge on any atom is -0.493 e. The first-order valence-corrected chi connectivity index (χ1v) is 13.0. The normalized spacial score (nSPS) is 20.0. The summed E-state index contributed by atoms with van der Waals surface area (Å²) in [7, 11) is 4.69. The van der Waals surface area contributed by atoms with Gasteiger partial charge in [0.1, 0.15) is 0 Å². The Morgan fingerprint density at radius 3 is 2.41 bits per heavy atom. The molecular weight excluding hydrogens is 500 g/mol. The van der Waals surface area contributed by atoms with Gasteiger partial charge in [0.2, 0.25) is 0 Å². The SMILES string of the molecule is CCOC(=O)C1=C(CN2CCN(C(=O)c3ccccc3)C(C)C2)N(C)C(=O)NC1c1cccc(OC)c1OC. The maximum absolute atomic E-state index is 13.4. The number of carbonyl (C=O) groups excluding carboxylic acids is 3. The Morgan fingerprint density at radius 2 is 1.77 bits per heavy atom. The summed E-state index contributed by atoms with van der Waals surface area (Å²) in [5.74, 6) is 0.396. The number of urea groups is 1. The van der Waals surface area contributed by atoms with E-state index in [2.05, 4.69) is 10.2 Å². The summed E-state index contributed by atoms with van der Waals surface area (Å²) in [4.78, 5) is 45.1. The molecule has 0 bridgehead atoms. The highest BCUT2D eigenvalue weighted by Gasteiger charge is 2.40. The molecule has 0 aromatic heterocycles. The molecule has 0 saturated carbocycles. The third-order valence-corrected chi connectivity index (χ3v) is 7.18. The predicted molar refractivity (Wildman–Crippen MR) is 146 cm³/mol. The number of nitrogens with zero attached hydrogens (tertiary/aromatic N) is 3. The zero-order valence-corrected chi connectivity index (χ0v) is 23.1. The van der Waals surface area contributed by atoms with Crippen LogP contribution in [0.1, 0.15) is 35.8 Å². The Labute approximate surface area is 229 Å². The lowest BCUT2D eigenvalue weighted by molar-refractivity contribution is -0.139. The Bertz CT molecular complexity index is 1250. The molecule has 0 spiro atoms. The van der Waals surface area contributed by atoms with Crippen LogP contribution in [0.5, 0.6) is 11.5 Å². The van der Waals surface area contributed by atoms with Gasteiger partial charge in [-0.25, -0.2) is 9.59 Å². The first-order chi connectivity index (χ1) is 18.8. The van der Waals surface area contributed by atoms with E-state index in [9.17, 15) is 14.4 Å². The van der Waals surface area contributed by atoms with Crippen LogP contribution in [0.25, 0.3) is 0 Å². The van der Waals surface area contributed by atoms with Crippen molar-refractivity contribution in [2.24, 2.45) is 0 Å². The van der Waals surface area contributed by atoms with E-state index in [1.54, 1.807) is 32.2 Å². The molecule has 0 aliphatic carbocycles. The van der Waals surface area contributed by atoms with E-state index in [1.807, 2.05) is 42.2 Å². The van der Waals surface area contributed by atoms with Gasteiger partial charge in [0, 0.05) is 56.1 Å². The van der Waals surface area contributed by atoms with Gasteiger partial charge in [-0.3, -0.25) is 14.6 Å². The van der Waals surface area contributed by atoms with Gasteiger partial charge in [-0.1, -0.05) is 30.3 Å². The van der Waals surface area contributed by atoms with Crippen LogP contribution < -0.4 is 14.8 Å². The summed E-state index contributed by atoms with van der Waals surface area (Å²) in [6.45, 7) is 5.97. The summed E-state index contributed by atoms with van der Waals surface area (Å²) in [5.41, 5.74) is 2.12. The van der Waals surface area contributed by atoms with Gasteiger partial charge < -0.3 is 24.4 Å². The fourth-order valence-electron chi connectivity index (χ4n) is 5.21. The van der Waals surface area contributed by atoms with Gasteiger partial charge in [-0.15, -0.1) is 0 Å². The van der Waals surface area contributed by atoms with Crippen molar-refractivity contribution in [3.63, 3.8) is 0 Å². The van der Waals surface area contributed by atoms with Crippen molar-refractivity contribution in [2.75, 3.05) is 54.1 Å². The van der Waals surface area contributed by atoms with E-state index in [4.69, 9.17) is 14.2 Å². The number of rotatable bonds is 8. The Hall–Kier alpha value is -4.05. The van der Waals surface area contributed by atoms with Crippen LogP contribution in [-0.2, 0) is 9.53 Å². The van der Waals surface area contributed by atoms with Crippen LogP contribution in [0.3, 0.4) is 0 Å². The van der Waals surface area contributed by atoms with Gasteiger partial charge in [-0.2, -0.15) is 0 Å². The molecule has 39 heavy (non-hydrogen) atoms. The minimum atomic E-state index is -0.800. The Morgan fingerprint density at radius 1 is 1.03 bits per heavy atom. The largest absolute Gasteiger partial charge is 0.493 e. The third-order valence-electron chi connectivity index (χ3n) is 7.18. The van der Waals surface area contributed by atoms with Crippen LogP contribution in [0.4, 0.5) is 4.79 Å². The predicted octanol–water partition coefficient (Wildman–Crippen LogP) is 3.06. The zero-order valence-electron chi connectivity index (χ0n) is 23.1. The molecule has 10 heteroatoms. The van der Waals surface area contributed by atoms with Gasteiger partial charge in [-0.05, 0) is 32.0 Å². The number of para-hydroxylation sites is 1. The molecule has 2 aromatic rings. The average molecular weight is 537 g/mol. The number of hydrogen-bond acceptors (Lipinski definition) is 7. The lowest BCUT2D eigenvalue weighted by Crippen LogP contribution is -2.56. The number of nitrogens with one attached hydrogen (secondary N) is 1. The smallest absolute Gasteiger partial charge is 0.338 e. The number of benzene rings is 2. The molecule has 2 aliphatic heterocycles. The lowest BCUT2D eigenvalue weighted by Gasteiger charge is -2.42. The Balaban J connectivity index is 1.66. The van der Waals surface area contributed by atoms with Crippen molar-refractivity contribution in [3.8, 4) is 11.5 Å². The van der Waals surface area contributed by atoms with Gasteiger partial charge in [0.15, 0.2) is 11.5 Å². The van der Waals surface area contributed by atoms with E-state index in [0.29, 0.717) is 60.1 Å². The number of hydrogen-bond donors (Lipinski definition) is 1. The number of amides is 3. The van der Waals surface area contributed by atoms with Crippen LogP contribution in [0.2, 0.25) is 0 Å². The number of piperazine rings is 1.